The Bertz CT molecular complexity index is 296. The molecule has 0 aliphatic carbocycles. The number of aliphatic hydroxyl groups is 4. The van der Waals surface area contributed by atoms with Gasteiger partial charge in [0.05, 0.1) is 0 Å². The third-order valence-electron chi connectivity index (χ3n) is 1.60. The summed E-state index contributed by atoms with van der Waals surface area (Å²) in [6, 6.07) is 0. The zero-order valence-corrected chi connectivity index (χ0v) is 15.1. The number of rotatable bonds is 3. The fourth-order valence-electron chi connectivity index (χ4n) is 0.354. The lowest BCUT2D eigenvalue weighted by atomic mass is 10.1. The molecule has 10 N–H and O–H groups in total. The van der Waals surface area contributed by atoms with Crippen molar-refractivity contribution in [2.45, 2.75) is 58.5 Å². The molecule has 0 aliphatic rings. The van der Waals surface area contributed by atoms with Gasteiger partial charge in [0.1, 0.15) is 0 Å². The number of hydrogen-bond acceptors (Lipinski definition) is 6. The molecule has 0 aromatic rings. The first-order valence-electron chi connectivity index (χ1n) is 6.12. The number of unbranched alkanes of at least 4 members (excludes halogenated alkanes) is 2. The van der Waals surface area contributed by atoms with Crippen LogP contribution in [0.4, 0.5) is 0 Å². The van der Waals surface area contributed by atoms with Gasteiger partial charge in [0.15, 0.2) is 0 Å². The molecule has 0 fully saturated rings. The van der Waals surface area contributed by atoms with Crippen molar-refractivity contribution in [3.8, 4) is 0 Å². The molecule has 0 radical (unpaired) electrons. The Balaban J connectivity index is -0.000000108. The highest BCUT2D eigenvalue weighted by Gasteiger charge is 2.37. The topological polar surface area (TPSA) is 236 Å². The maximum Gasteiger partial charge on any atom is 0.466 e. The van der Waals surface area contributed by atoms with Crippen LogP contribution >= 0.6 is 15.6 Å². The molecule has 0 rings (SSSR count). The Morgan fingerprint density at radius 2 is 0.783 bits per heavy atom. The lowest BCUT2D eigenvalue weighted by Crippen LogP contribution is -2.49. The molecule has 0 aromatic carbocycles. The van der Waals surface area contributed by atoms with Crippen LogP contribution in [0.5, 0.6) is 0 Å². The molecule has 0 heterocycles. The zero-order valence-electron chi connectivity index (χ0n) is 13.3. The van der Waals surface area contributed by atoms with Crippen molar-refractivity contribution in [3.63, 3.8) is 0 Å². The summed E-state index contributed by atoms with van der Waals surface area (Å²) >= 11 is 0. The minimum Gasteiger partial charge on any atom is -0.362 e. The van der Waals surface area contributed by atoms with E-state index in [1.54, 1.807) is 0 Å². The molecule has 0 aliphatic heterocycles. The Kier molecular flexibility index (Phi) is 17.9. The molecule has 14 heteroatoms. The second kappa shape index (κ2) is 13.4. The predicted octanol–water partition coefficient (Wildman–Crippen LogP) is -1.27. The first-order valence-corrected chi connectivity index (χ1v) is 9.25. The first kappa shape index (κ1) is 30.9. The van der Waals surface area contributed by atoms with Crippen molar-refractivity contribution in [2.24, 2.45) is 0 Å². The van der Waals surface area contributed by atoms with Crippen LogP contribution in [-0.4, -0.2) is 61.4 Å². The summed E-state index contributed by atoms with van der Waals surface area (Å²) < 4.78 is 17.8. The fourth-order valence-corrected chi connectivity index (χ4v) is 0.354. The highest BCUT2D eigenvalue weighted by atomic mass is 31.2. The van der Waals surface area contributed by atoms with E-state index in [4.69, 9.17) is 58.9 Å². The summed E-state index contributed by atoms with van der Waals surface area (Å²) in [4.78, 5) is 43.1. The summed E-state index contributed by atoms with van der Waals surface area (Å²) in [5.74, 6) is -4.90. The summed E-state index contributed by atoms with van der Waals surface area (Å²) in [5.41, 5.74) is 0. The van der Waals surface area contributed by atoms with Gasteiger partial charge in [-0.05, 0) is 13.8 Å². The third-order valence-corrected chi connectivity index (χ3v) is 1.60. The van der Waals surface area contributed by atoms with Crippen LogP contribution in [0.1, 0.15) is 47.0 Å². The molecular formula is C9H28O12P2. The van der Waals surface area contributed by atoms with E-state index in [2.05, 4.69) is 13.8 Å². The lowest BCUT2D eigenvalue weighted by Gasteiger charge is -2.27. The Morgan fingerprint density at radius 1 is 0.652 bits per heavy atom. The lowest BCUT2D eigenvalue weighted by molar-refractivity contribution is -0.339. The van der Waals surface area contributed by atoms with Gasteiger partial charge in [-0.25, -0.2) is 9.13 Å². The predicted molar refractivity (Wildman–Crippen MR) is 79.4 cm³/mol. The van der Waals surface area contributed by atoms with Crippen molar-refractivity contribution in [3.05, 3.63) is 0 Å². The first-order chi connectivity index (χ1) is 9.66. The van der Waals surface area contributed by atoms with Crippen LogP contribution in [0.3, 0.4) is 0 Å². The minimum atomic E-state index is -4.64. The highest BCUT2D eigenvalue weighted by Crippen LogP contribution is 2.26. The second-order valence-corrected chi connectivity index (χ2v) is 6.47. The van der Waals surface area contributed by atoms with E-state index in [0.29, 0.717) is 0 Å². The van der Waals surface area contributed by atoms with Crippen molar-refractivity contribution < 1.29 is 58.9 Å². The van der Waals surface area contributed by atoms with Gasteiger partial charge in [-0.15, -0.1) is 0 Å². The van der Waals surface area contributed by atoms with Crippen LogP contribution < -0.4 is 0 Å². The second-order valence-electron chi connectivity index (χ2n) is 4.42. The molecule has 0 amide bonds. The van der Waals surface area contributed by atoms with Gasteiger partial charge in [-0.1, -0.05) is 33.1 Å². The molecule has 0 bridgehead atoms. The average molecular weight is 390 g/mol. The molecule has 0 atom stereocenters. The SMILES string of the molecule is CC(O)(O)C(C)(O)O.CCCCC.O=P(O)(O)O.O=P(O)(O)O. The van der Waals surface area contributed by atoms with Crippen LogP contribution in [-0.2, 0) is 9.13 Å². The van der Waals surface area contributed by atoms with E-state index in [0.717, 1.165) is 13.8 Å². The highest BCUT2D eigenvalue weighted by molar-refractivity contribution is 7.45. The molecule has 0 spiro atoms. The molecule has 12 nitrogen and oxygen atoms in total. The Hall–Kier alpha value is 0.0600. The smallest absolute Gasteiger partial charge is 0.362 e. The van der Waals surface area contributed by atoms with E-state index in [9.17, 15) is 0 Å². The van der Waals surface area contributed by atoms with E-state index >= 15 is 0 Å². The summed E-state index contributed by atoms with van der Waals surface area (Å²) in [6.45, 7) is 6.19. The molecule has 0 saturated carbocycles. The number of hydrogen-bond donors (Lipinski definition) is 10. The Morgan fingerprint density at radius 3 is 0.783 bits per heavy atom. The van der Waals surface area contributed by atoms with Crippen LogP contribution in [0.2, 0.25) is 0 Å². The molecule has 0 saturated heterocycles. The molecule has 0 unspecified atom stereocenters. The van der Waals surface area contributed by atoms with Crippen LogP contribution in [0, 0.1) is 0 Å². The molecule has 146 valence electrons. The average Bonchev–Trinajstić information content (AvgIpc) is 2.10. The van der Waals surface area contributed by atoms with Gasteiger partial charge in [-0.2, -0.15) is 0 Å². The number of phosphoric acid groups is 2. The monoisotopic (exact) mass is 390 g/mol. The van der Waals surface area contributed by atoms with E-state index in [1.807, 2.05) is 0 Å². The maximum atomic E-state index is 8.88. The zero-order chi connectivity index (χ0) is 20.1. The third kappa shape index (κ3) is 72.6. The molecule has 23 heavy (non-hydrogen) atoms. The van der Waals surface area contributed by atoms with Gasteiger partial charge >= 0.3 is 15.6 Å². The quantitative estimate of drug-likeness (QED) is 0.200. The van der Waals surface area contributed by atoms with Crippen LogP contribution in [0.15, 0.2) is 0 Å². The van der Waals surface area contributed by atoms with Gasteiger partial charge < -0.3 is 49.8 Å². The van der Waals surface area contributed by atoms with Crippen molar-refractivity contribution >= 4 is 15.6 Å². The van der Waals surface area contributed by atoms with Gasteiger partial charge in [0, 0.05) is 0 Å². The van der Waals surface area contributed by atoms with Crippen molar-refractivity contribution in [2.75, 3.05) is 0 Å². The van der Waals surface area contributed by atoms with E-state index < -0.39 is 27.2 Å². The van der Waals surface area contributed by atoms with Gasteiger partial charge in [0.25, 0.3) is 0 Å². The van der Waals surface area contributed by atoms with E-state index in [1.165, 1.54) is 19.3 Å². The minimum absolute atomic E-state index is 0.882. The molecule has 0 aromatic heterocycles. The maximum absolute atomic E-state index is 8.88. The molecular weight excluding hydrogens is 362 g/mol. The largest absolute Gasteiger partial charge is 0.466 e. The van der Waals surface area contributed by atoms with Crippen molar-refractivity contribution in [1.82, 2.24) is 0 Å². The standard InChI is InChI=1S/C5H12.C4H10O4.2H3O4P/c1-3-5-4-2;1-3(5,6)4(2,7)8;2*1-5(2,3)4/h3-5H2,1-2H3;5-8H,1-2H3;2*(H3,1,2,3,4). The van der Waals surface area contributed by atoms with Gasteiger partial charge in [0.2, 0.25) is 11.6 Å². The summed E-state index contributed by atoms with van der Waals surface area (Å²) in [7, 11) is -9.28. The summed E-state index contributed by atoms with van der Waals surface area (Å²) in [6.07, 6.45) is 4.08. The summed E-state index contributed by atoms with van der Waals surface area (Å²) in [5, 5.41) is 33.6. The fraction of sp³-hybridized carbons (Fsp3) is 1.00. The Labute approximate surface area is 134 Å². The van der Waals surface area contributed by atoms with Gasteiger partial charge in [-0.3, -0.25) is 0 Å². The normalized spacial score (nSPS) is 11.9. The van der Waals surface area contributed by atoms with E-state index in [-0.39, 0.29) is 0 Å². The van der Waals surface area contributed by atoms with Crippen molar-refractivity contribution in [1.29, 1.82) is 0 Å². The van der Waals surface area contributed by atoms with Crippen LogP contribution in [0.25, 0.3) is 0 Å².